The highest BCUT2D eigenvalue weighted by Gasteiger charge is 2.11. The summed E-state index contributed by atoms with van der Waals surface area (Å²) >= 11 is 0. The molecule has 0 aliphatic heterocycles. The first kappa shape index (κ1) is 9.42. The van der Waals surface area contributed by atoms with Gasteiger partial charge in [-0.15, -0.1) is 5.10 Å². The van der Waals surface area contributed by atoms with Crippen molar-refractivity contribution in [2.75, 3.05) is 0 Å². The molecule has 1 aromatic carbocycles. The van der Waals surface area contributed by atoms with E-state index in [1.54, 1.807) is 17.8 Å². The Morgan fingerprint density at radius 1 is 1.43 bits per heavy atom. The van der Waals surface area contributed by atoms with Gasteiger partial charge in [0.15, 0.2) is 0 Å². The number of fused-ring (bicyclic) bond motifs is 1. The summed E-state index contributed by atoms with van der Waals surface area (Å²) in [7, 11) is 3.22. The number of aryl methyl sites for hydroxylation is 1. The molecule has 0 N–H and O–H groups in total. The van der Waals surface area contributed by atoms with Crippen LogP contribution in [0.1, 0.15) is 0 Å². The molecule has 0 unspecified atom stereocenters. The first-order valence-corrected chi connectivity index (χ1v) is 6.03. The third kappa shape index (κ3) is 1.46. The van der Waals surface area contributed by atoms with Crippen LogP contribution in [0.2, 0.25) is 0 Å². The molecule has 0 saturated heterocycles. The highest BCUT2D eigenvalue weighted by molar-refractivity contribution is 8.13. The van der Waals surface area contributed by atoms with Gasteiger partial charge in [-0.3, -0.25) is 0 Å². The van der Waals surface area contributed by atoms with Crippen LogP contribution in [-0.2, 0) is 16.1 Å². The minimum atomic E-state index is -3.69. The predicted octanol–water partition coefficient (Wildman–Crippen LogP) is 0.896. The number of halogens is 1. The van der Waals surface area contributed by atoms with Crippen LogP contribution in [0.25, 0.3) is 11.0 Å². The SMILES string of the molecule is Cn1nnc2cc(S(=O)(=O)Cl)ccc21. The average Bonchev–Trinajstić information content (AvgIpc) is 2.46. The third-order valence-corrected chi connectivity index (χ3v) is 3.22. The Kier molecular flexibility index (Phi) is 1.97. The molecule has 0 amide bonds. The summed E-state index contributed by atoms with van der Waals surface area (Å²) in [6.07, 6.45) is 0. The fraction of sp³-hybridized carbons (Fsp3) is 0.143. The van der Waals surface area contributed by atoms with Gasteiger partial charge < -0.3 is 0 Å². The summed E-state index contributed by atoms with van der Waals surface area (Å²) < 4.78 is 23.5. The van der Waals surface area contributed by atoms with Crippen LogP contribution in [0.4, 0.5) is 0 Å². The van der Waals surface area contributed by atoms with E-state index in [0.29, 0.717) is 5.52 Å². The van der Waals surface area contributed by atoms with Crippen molar-refractivity contribution in [1.82, 2.24) is 15.0 Å². The first-order chi connectivity index (χ1) is 6.48. The number of hydrogen-bond donors (Lipinski definition) is 0. The van der Waals surface area contributed by atoms with E-state index in [2.05, 4.69) is 10.3 Å². The lowest BCUT2D eigenvalue weighted by Gasteiger charge is -1.95. The zero-order chi connectivity index (χ0) is 10.3. The second-order valence-corrected chi connectivity index (χ2v) is 5.37. The lowest BCUT2D eigenvalue weighted by molar-refractivity contribution is 0.609. The van der Waals surface area contributed by atoms with E-state index in [1.165, 1.54) is 12.1 Å². The van der Waals surface area contributed by atoms with E-state index in [4.69, 9.17) is 10.7 Å². The van der Waals surface area contributed by atoms with Crippen molar-refractivity contribution >= 4 is 30.8 Å². The van der Waals surface area contributed by atoms with Crippen LogP contribution in [0.15, 0.2) is 23.1 Å². The molecule has 0 fully saturated rings. The fourth-order valence-electron chi connectivity index (χ4n) is 1.17. The fourth-order valence-corrected chi connectivity index (χ4v) is 1.94. The van der Waals surface area contributed by atoms with Crippen molar-refractivity contribution in [3.05, 3.63) is 18.2 Å². The highest BCUT2D eigenvalue weighted by Crippen LogP contribution is 2.19. The van der Waals surface area contributed by atoms with E-state index in [1.807, 2.05) is 0 Å². The Morgan fingerprint density at radius 3 is 2.79 bits per heavy atom. The molecular weight excluding hydrogens is 226 g/mol. The maximum Gasteiger partial charge on any atom is 0.261 e. The Balaban J connectivity index is 2.76. The van der Waals surface area contributed by atoms with E-state index < -0.39 is 9.05 Å². The minimum Gasteiger partial charge on any atom is -0.248 e. The van der Waals surface area contributed by atoms with Gasteiger partial charge in [-0.05, 0) is 18.2 Å². The van der Waals surface area contributed by atoms with E-state index in [0.717, 1.165) is 5.52 Å². The van der Waals surface area contributed by atoms with Gasteiger partial charge in [-0.25, -0.2) is 13.1 Å². The Bertz CT molecular complexity index is 590. The number of benzene rings is 1. The molecule has 0 aliphatic carbocycles. The van der Waals surface area contributed by atoms with Crippen molar-refractivity contribution in [3.63, 3.8) is 0 Å². The van der Waals surface area contributed by atoms with E-state index >= 15 is 0 Å². The topological polar surface area (TPSA) is 64.8 Å². The highest BCUT2D eigenvalue weighted by atomic mass is 35.7. The normalized spacial score (nSPS) is 12.1. The van der Waals surface area contributed by atoms with Crippen molar-refractivity contribution in [3.8, 4) is 0 Å². The largest absolute Gasteiger partial charge is 0.261 e. The third-order valence-electron chi connectivity index (χ3n) is 1.86. The van der Waals surface area contributed by atoms with Crippen molar-refractivity contribution in [2.24, 2.45) is 7.05 Å². The summed E-state index contributed by atoms with van der Waals surface area (Å²) in [6.45, 7) is 0. The summed E-state index contributed by atoms with van der Waals surface area (Å²) in [4.78, 5) is 0.0344. The van der Waals surface area contributed by atoms with Crippen LogP contribution < -0.4 is 0 Å². The van der Waals surface area contributed by atoms with Crippen LogP contribution in [0.3, 0.4) is 0 Å². The van der Waals surface area contributed by atoms with Gasteiger partial charge in [0.25, 0.3) is 9.05 Å². The number of nitrogens with zero attached hydrogens (tertiary/aromatic N) is 3. The Morgan fingerprint density at radius 2 is 2.14 bits per heavy atom. The number of rotatable bonds is 1. The monoisotopic (exact) mass is 231 g/mol. The van der Waals surface area contributed by atoms with Crippen LogP contribution in [-0.4, -0.2) is 23.4 Å². The lowest BCUT2D eigenvalue weighted by atomic mass is 10.3. The quantitative estimate of drug-likeness (QED) is 0.684. The van der Waals surface area contributed by atoms with Crippen molar-refractivity contribution < 1.29 is 8.42 Å². The van der Waals surface area contributed by atoms with E-state index in [9.17, 15) is 8.42 Å². The Hall–Kier alpha value is -1.14. The van der Waals surface area contributed by atoms with Gasteiger partial charge in [0.1, 0.15) is 5.52 Å². The van der Waals surface area contributed by atoms with Gasteiger partial charge in [-0.1, -0.05) is 5.21 Å². The lowest BCUT2D eigenvalue weighted by Crippen LogP contribution is -1.91. The molecular formula is C7H6ClN3O2S. The molecule has 0 atom stereocenters. The summed E-state index contributed by atoms with van der Waals surface area (Å²) in [5.41, 5.74) is 1.27. The van der Waals surface area contributed by atoms with Crippen molar-refractivity contribution in [2.45, 2.75) is 4.90 Å². The first-order valence-electron chi connectivity index (χ1n) is 3.72. The molecule has 1 heterocycles. The molecule has 0 aliphatic rings. The minimum absolute atomic E-state index is 0.0344. The standard InChI is InChI=1S/C7H6ClN3O2S/c1-11-7-3-2-5(14(8,12)13)4-6(7)9-10-11/h2-4H,1H3. The Labute approximate surface area is 84.7 Å². The maximum absolute atomic E-state index is 11.0. The van der Waals surface area contributed by atoms with Crippen LogP contribution in [0.5, 0.6) is 0 Å². The van der Waals surface area contributed by atoms with Gasteiger partial charge in [0, 0.05) is 17.7 Å². The van der Waals surface area contributed by atoms with Crippen LogP contribution in [0, 0.1) is 0 Å². The molecule has 14 heavy (non-hydrogen) atoms. The second-order valence-electron chi connectivity index (χ2n) is 2.80. The second kappa shape index (κ2) is 2.93. The van der Waals surface area contributed by atoms with Crippen molar-refractivity contribution in [1.29, 1.82) is 0 Å². The number of aromatic nitrogens is 3. The van der Waals surface area contributed by atoms with Gasteiger partial charge in [0.2, 0.25) is 0 Å². The molecule has 7 heteroatoms. The van der Waals surface area contributed by atoms with E-state index in [-0.39, 0.29) is 4.90 Å². The summed E-state index contributed by atoms with van der Waals surface area (Å²) in [5.74, 6) is 0. The molecule has 2 aromatic rings. The zero-order valence-electron chi connectivity index (χ0n) is 7.18. The molecule has 5 nitrogen and oxygen atoms in total. The maximum atomic E-state index is 11.0. The number of hydrogen-bond acceptors (Lipinski definition) is 4. The average molecular weight is 232 g/mol. The molecule has 0 spiro atoms. The zero-order valence-corrected chi connectivity index (χ0v) is 8.75. The molecule has 2 rings (SSSR count). The smallest absolute Gasteiger partial charge is 0.248 e. The molecule has 0 saturated carbocycles. The molecule has 1 aromatic heterocycles. The summed E-state index contributed by atoms with van der Waals surface area (Å²) in [6, 6.07) is 4.43. The molecule has 74 valence electrons. The van der Waals surface area contributed by atoms with Gasteiger partial charge >= 0.3 is 0 Å². The summed E-state index contributed by atoms with van der Waals surface area (Å²) in [5, 5.41) is 7.53. The predicted molar refractivity (Wildman–Crippen MR) is 51.5 cm³/mol. The molecule has 0 bridgehead atoms. The van der Waals surface area contributed by atoms with Gasteiger partial charge in [-0.2, -0.15) is 0 Å². The van der Waals surface area contributed by atoms with Gasteiger partial charge in [0.05, 0.1) is 10.4 Å². The molecule has 0 radical (unpaired) electrons. The van der Waals surface area contributed by atoms with Crippen LogP contribution >= 0.6 is 10.7 Å².